The molecule has 1 unspecified atom stereocenters. The van der Waals surface area contributed by atoms with Crippen LogP contribution in [0.4, 0.5) is 0 Å². The monoisotopic (exact) mass is 297 g/mol. The molecular weight excluding hydrogens is 274 g/mol. The van der Waals surface area contributed by atoms with E-state index in [1.54, 1.807) is 7.05 Å². The van der Waals surface area contributed by atoms with Crippen LogP contribution in [0.5, 0.6) is 0 Å². The second kappa shape index (κ2) is 6.88. The zero-order chi connectivity index (χ0) is 15.4. The third-order valence-electron chi connectivity index (χ3n) is 4.50. The van der Waals surface area contributed by atoms with Crippen LogP contribution in [0.3, 0.4) is 0 Å². The third-order valence-corrected chi connectivity index (χ3v) is 4.50. The minimum atomic E-state index is 0.106. The highest BCUT2D eigenvalue weighted by Crippen LogP contribution is 2.24. The largest absolute Gasteiger partial charge is 0.358 e. The molecule has 4 heteroatoms. The van der Waals surface area contributed by atoms with Gasteiger partial charge in [0.15, 0.2) is 0 Å². The van der Waals surface area contributed by atoms with E-state index in [0.29, 0.717) is 12.5 Å². The molecule has 1 aromatic carbocycles. The fraction of sp³-hybridized carbons (Fsp3) is 0.444. The van der Waals surface area contributed by atoms with Crippen molar-refractivity contribution in [2.75, 3.05) is 26.7 Å². The van der Waals surface area contributed by atoms with Crippen LogP contribution in [0.2, 0.25) is 0 Å². The summed E-state index contributed by atoms with van der Waals surface area (Å²) in [6.45, 7) is 2.55. The van der Waals surface area contributed by atoms with E-state index < -0.39 is 0 Å². The molecule has 1 amide bonds. The van der Waals surface area contributed by atoms with Crippen molar-refractivity contribution in [3.8, 4) is 0 Å². The summed E-state index contributed by atoms with van der Waals surface area (Å²) < 4.78 is 0. The first-order valence-electron chi connectivity index (χ1n) is 8.02. The average molecular weight is 297 g/mol. The van der Waals surface area contributed by atoms with Gasteiger partial charge in [-0.3, -0.25) is 14.7 Å². The Morgan fingerprint density at radius 2 is 2.23 bits per heavy atom. The Morgan fingerprint density at radius 3 is 3.09 bits per heavy atom. The fourth-order valence-corrected chi connectivity index (χ4v) is 3.39. The van der Waals surface area contributed by atoms with E-state index in [1.165, 1.54) is 23.8 Å². The van der Waals surface area contributed by atoms with E-state index in [0.717, 1.165) is 25.0 Å². The first kappa shape index (κ1) is 15.0. The Hall–Kier alpha value is -1.94. The second-order valence-electron chi connectivity index (χ2n) is 6.11. The standard InChI is InChI=1S/C18H23N3O/c1-19-18(22)13-21-10-4-5-14(12-21)11-15-8-9-20-17-7-3-2-6-16(15)17/h2-3,6-9,14H,4-5,10-13H2,1H3,(H,19,22). The van der Waals surface area contributed by atoms with Crippen LogP contribution >= 0.6 is 0 Å². The van der Waals surface area contributed by atoms with E-state index >= 15 is 0 Å². The lowest BCUT2D eigenvalue weighted by atomic mass is 9.90. The van der Waals surface area contributed by atoms with Crippen LogP contribution in [0.25, 0.3) is 10.9 Å². The van der Waals surface area contributed by atoms with Crippen LogP contribution in [-0.2, 0) is 11.2 Å². The van der Waals surface area contributed by atoms with Crippen molar-refractivity contribution in [2.45, 2.75) is 19.3 Å². The molecule has 22 heavy (non-hydrogen) atoms. The van der Waals surface area contributed by atoms with Gasteiger partial charge in [0.1, 0.15) is 0 Å². The van der Waals surface area contributed by atoms with Crippen molar-refractivity contribution in [1.82, 2.24) is 15.2 Å². The lowest BCUT2D eigenvalue weighted by molar-refractivity contribution is -0.122. The number of nitrogens with zero attached hydrogens (tertiary/aromatic N) is 2. The van der Waals surface area contributed by atoms with E-state index in [-0.39, 0.29) is 5.91 Å². The summed E-state index contributed by atoms with van der Waals surface area (Å²) >= 11 is 0. The van der Waals surface area contributed by atoms with Gasteiger partial charge in [-0.2, -0.15) is 0 Å². The lowest BCUT2D eigenvalue weighted by Crippen LogP contribution is -2.42. The van der Waals surface area contributed by atoms with E-state index in [2.05, 4.69) is 39.5 Å². The zero-order valence-corrected chi connectivity index (χ0v) is 13.1. The smallest absolute Gasteiger partial charge is 0.233 e. The number of likely N-dealkylation sites (tertiary alicyclic amines) is 1. The molecule has 0 aliphatic carbocycles. The van der Waals surface area contributed by atoms with Crippen LogP contribution in [-0.4, -0.2) is 42.5 Å². The number of hydrogen-bond donors (Lipinski definition) is 1. The number of piperidine rings is 1. The van der Waals surface area contributed by atoms with Crippen molar-refractivity contribution in [2.24, 2.45) is 5.92 Å². The highest BCUT2D eigenvalue weighted by Gasteiger charge is 2.22. The van der Waals surface area contributed by atoms with Crippen molar-refractivity contribution >= 4 is 16.8 Å². The molecule has 1 N–H and O–H groups in total. The Morgan fingerprint density at radius 1 is 1.36 bits per heavy atom. The van der Waals surface area contributed by atoms with Gasteiger partial charge in [0.05, 0.1) is 12.1 Å². The molecular formula is C18H23N3O. The van der Waals surface area contributed by atoms with Crippen LogP contribution in [0, 0.1) is 5.92 Å². The number of aromatic nitrogens is 1. The maximum atomic E-state index is 11.6. The SMILES string of the molecule is CNC(=O)CN1CCCC(Cc2ccnc3ccccc23)C1. The van der Waals surface area contributed by atoms with Gasteiger partial charge in [0, 0.05) is 25.2 Å². The number of carbonyl (C=O) groups is 1. The van der Waals surface area contributed by atoms with E-state index in [4.69, 9.17) is 0 Å². The van der Waals surface area contributed by atoms with Crippen molar-refractivity contribution in [3.63, 3.8) is 0 Å². The molecule has 0 radical (unpaired) electrons. The first-order valence-corrected chi connectivity index (χ1v) is 8.02. The van der Waals surface area contributed by atoms with Gasteiger partial charge in [0.2, 0.25) is 5.91 Å². The Kier molecular flexibility index (Phi) is 4.68. The van der Waals surface area contributed by atoms with Gasteiger partial charge >= 0.3 is 0 Å². The maximum Gasteiger partial charge on any atom is 0.233 e. The van der Waals surface area contributed by atoms with Crippen LogP contribution in [0.1, 0.15) is 18.4 Å². The minimum absolute atomic E-state index is 0.106. The topological polar surface area (TPSA) is 45.2 Å². The van der Waals surface area contributed by atoms with Crippen LogP contribution in [0.15, 0.2) is 36.5 Å². The number of fused-ring (bicyclic) bond motifs is 1. The molecule has 2 aromatic rings. The molecule has 2 heterocycles. The summed E-state index contributed by atoms with van der Waals surface area (Å²) in [5.41, 5.74) is 2.44. The number of amides is 1. The number of hydrogen-bond acceptors (Lipinski definition) is 3. The van der Waals surface area contributed by atoms with Gasteiger partial charge < -0.3 is 5.32 Å². The number of rotatable bonds is 4. The summed E-state index contributed by atoms with van der Waals surface area (Å²) in [4.78, 5) is 18.3. The van der Waals surface area contributed by atoms with Crippen molar-refractivity contribution in [3.05, 3.63) is 42.1 Å². The molecule has 0 spiro atoms. The third kappa shape index (κ3) is 3.45. The number of para-hydroxylation sites is 1. The molecule has 3 rings (SSSR count). The summed E-state index contributed by atoms with van der Waals surface area (Å²) in [5, 5.41) is 3.97. The fourth-order valence-electron chi connectivity index (χ4n) is 3.39. The van der Waals surface area contributed by atoms with Crippen molar-refractivity contribution in [1.29, 1.82) is 0 Å². The Balaban J connectivity index is 1.70. The number of likely N-dealkylation sites (N-methyl/N-ethyl adjacent to an activating group) is 1. The first-order chi connectivity index (χ1) is 10.8. The van der Waals surface area contributed by atoms with Gasteiger partial charge in [-0.05, 0) is 49.4 Å². The van der Waals surface area contributed by atoms with Gasteiger partial charge in [0.25, 0.3) is 0 Å². The molecule has 0 bridgehead atoms. The molecule has 1 saturated heterocycles. The summed E-state index contributed by atoms with van der Waals surface area (Å²) in [7, 11) is 1.70. The number of pyridine rings is 1. The quantitative estimate of drug-likeness (QED) is 0.941. The minimum Gasteiger partial charge on any atom is -0.358 e. The van der Waals surface area contributed by atoms with E-state index in [9.17, 15) is 4.79 Å². The lowest BCUT2D eigenvalue weighted by Gasteiger charge is -2.32. The van der Waals surface area contributed by atoms with Crippen LogP contribution < -0.4 is 5.32 Å². The van der Waals surface area contributed by atoms with Crippen molar-refractivity contribution < 1.29 is 4.79 Å². The summed E-state index contributed by atoms with van der Waals surface area (Å²) in [5.74, 6) is 0.722. The van der Waals surface area contributed by atoms with Gasteiger partial charge in [-0.15, -0.1) is 0 Å². The molecule has 1 atom stereocenters. The summed E-state index contributed by atoms with van der Waals surface area (Å²) in [6.07, 6.45) is 5.38. The predicted molar refractivity (Wildman–Crippen MR) is 88.7 cm³/mol. The maximum absolute atomic E-state index is 11.6. The Labute approximate surface area is 131 Å². The highest BCUT2D eigenvalue weighted by atomic mass is 16.1. The van der Waals surface area contributed by atoms with E-state index in [1.807, 2.05) is 12.3 Å². The molecule has 1 aliphatic heterocycles. The molecule has 1 aliphatic rings. The molecule has 1 aromatic heterocycles. The van der Waals surface area contributed by atoms with Gasteiger partial charge in [-0.25, -0.2) is 0 Å². The normalized spacial score (nSPS) is 19.2. The number of carbonyl (C=O) groups excluding carboxylic acids is 1. The zero-order valence-electron chi connectivity index (χ0n) is 13.1. The highest BCUT2D eigenvalue weighted by molar-refractivity contribution is 5.81. The molecule has 0 saturated carbocycles. The molecule has 116 valence electrons. The van der Waals surface area contributed by atoms with Gasteiger partial charge in [-0.1, -0.05) is 18.2 Å². The Bertz CT molecular complexity index is 650. The average Bonchev–Trinajstić information content (AvgIpc) is 2.55. The molecule has 1 fully saturated rings. The summed E-state index contributed by atoms with van der Waals surface area (Å²) in [6, 6.07) is 10.5. The predicted octanol–water partition coefficient (Wildman–Crippen LogP) is 2.24. The number of benzene rings is 1. The second-order valence-corrected chi connectivity index (χ2v) is 6.11. The molecule has 4 nitrogen and oxygen atoms in total. The number of nitrogens with one attached hydrogen (secondary N) is 1.